The lowest BCUT2D eigenvalue weighted by Gasteiger charge is -2.06. The van der Waals surface area contributed by atoms with Gasteiger partial charge in [-0.25, -0.2) is 4.79 Å². The summed E-state index contributed by atoms with van der Waals surface area (Å²) in [6, 6.07) is 4.68. The van der Waals surface area contributed by atoms with E-state index in [0.717, 1.165) is 12.8 Å². The van der Waals surface area contributed by atoms with Gasteiger partial charge in [0.25, 0.3) is 0 Å². The standard InChI is InChI=1S/C12H11ClO3/c1-16-12(15)10-6-8(13)4-5-9(10)11(14)7-2-3-7/h4-7H,2-3H2,1H3. The molecule has 2 rings (SSSR count). The molecule has 1 saturated carbocycles. The lowest BCUT2D eigenvalue weighted by molar-refractivity contribution is 0.0596. The highest BCUT2D eigenvalue weighted by molar-refractivity contribution is 6.31. The predicted molar refractivity (Wildman–Crippen MR) is 59.8 cm³/mol. The minimum Gasteiger partial charge on any atom is -0.465 e. The predicted octanol–water partition coefficient (Wildman–Crippen LogP) is 2.72. The van der Waals surface area contributed by atoms with Crippen LogP contribution in [0.1, 0.15) is 33.6 Å². The number of methoxy groups -OCH3 is 1. The summed E-state index contributed by atoms with van der Waals surface area (Å²) in [4.78, 5) is 23.4. The molecular weight excluding hydrogens is 228 g/mol. The minimum atomic E-state index is -0.522. The zero-order valence-electron chi connectivity index (χ0n) is 8.83. The normalized spacial score (nSPS) is 14.6. The van der Waals surface area contributed by atoms with Gasteiger partial charge in [0, 0.05) is 16.5 Å². The highest BCUT2D eigenvalue weighted by Crippen LogP contribution is 2.34. The van der Waals surface area contributed by atoms with Crippen LogP contribution in [0, 0.1) is 5.92 Å². The van der Waals surface area contributed by atoms with Crippen LogP contribution in [0.15, 0.2) is 18.2 Å². The van der Waals surface area contributed by atoms with Crippen LogP contribution < -0.4 is 0 Å². The smallest absolute Gasteiger partial charge is 0.338 e. The maximum Gasteiger partial charge on any atom is 0.338 e. The number of Topliss-reactive ketones (excluding diaryl/α,β-unsaturated/α-hetero) is 1. The monoisotopic (exact) mass is 238 g/mol. The van der Waals surface area contributed by atoms with Crippen molar-refractivity contribution in [2.24, 2.45) is 5.92 Å². The molecule has 0 unspecified atom stereocenters. The van der Waals surface area contributed by atoms with Gasteiger partial charge in [0.15, 0.2) is 5.78 Å². The van der Waals surface area contributed by atoms with Crippen molar-refractivity contribution >= 4 is 23.4 Å². The first-order valence-corrected chi connectivity index (χ1v) is 5.43. The third-order valence-electron chi connectivity index (χ3n) is 2.60. The largest absolute Gasteiger partial charge is 0.465 e. The Morgan fingerprint density at radius 1 is 1.31 bits per heavy atom. The van der Waals surface area contributed by atoms with Gasteiger partial charge in [-0.1, -0.05) is 11.6 Å². The first-order chi connectivity index (χ1) is 7.63. The van der Waals surface area contributed by atoms with E-state index in [1.54, 1.807) is 12.1 Å². The van der Waals surface area contributed by atoms with Gasteiger partial charge in [-0.3, -0.25) is 4.79 Å². The van der Waals surface area contributed by atoms with Crippen molar-refractivity contribution in [3.8, 4) is 0 Å². The van der Waals surface area contributed by atoms with E-state index in [-0.39, 0.29) is 17.3 Å². The van der Waals surface area contributed by atoms with E-state index in [9.17, 15) is 9.59 Å². The topological polar surface area (TPSA) is 43.4 Å². The molecule has 3 nitrogen and oxygen atoms in total. The van der Waals surface area contributed by atoms with Crippen molar-refractivity contribution in [3.63, 3.8) is 0 Å². The van der Waals surface area contributed by atoms with Crippen molar-refractivity contribution in [1.29, 1.82) is 0 Å². The molecule has 0 aliphatic heterocycles. The molecular formula is C12H11ClO3. The van der Waals surface area contributed by atoms with Crippen molar-refractivity contribution in [3.05, 3.63) is 34.3 Å². The molecule has 0 amide bonds. The van der Waals surface area contributed by atoms with E-state index < -0.39 is 5.97 Å². The van der Waals surface area contributed by atoms with E-state index in [0.29, 0.717) is 10.6 Å². The van der Waals surface area contributed by atoms with E-state index in [1.165, 1.54) is 13.2 Å². The van der Waals surface area contributed by atoms with Crippen LogP contribution >= 0.6 is 11.6 Å². The molecule has 0 bridgehead atoms. The summed E-state index contributed by atoms with van der Waals surface area (Å²) in [6.07, 6.45) is 1.81. The van der Waals surface area contributed by atoms with Gasteiger partial charge in [-0.2, -0.15) is 0 Å². The van der Waals surface area contributed by atoms with Crippen LogP contribution in [0.25, 0.3) is 0 Å². The van der Waals surface area contributed by atoms with Crippen LogP contribution in [0.5, 0.6) is 0 Å². The maximum atomic E-state index is 11.9. The molecule has 0 radical (unpaired) electrons. The first kappa shape index (κ1) is 11.1. The number of hydrogen-bond acceptors (Lipinski definition) is 3. The number of benzene rings is 1. The zero-order chi connectivity index (χ0) is 11.7. The highest BCUT2D eigenvalue weighted by Gasteiger charge is 2.32. The third kappa shape index (κ3) is 2.09. The van der Waals surface area contributed by atoms with Crippen molar-refractivity contribution in [2.75, 3.05) is 7.11 Å². The summed E-state index contributed by atoms with van der Waals surface area (Å²) in [5.41, 5.74) is 0.672. The van der Waals surface area contributed by atoms with E-state index in [1.807, 2.05) is 0 Å². The molecule has 1 aromatic carbocycles. The molecule has 0 atom stereocenters. The van der Waals surface area contributed by atoms with Gasteiger partial charge in [0.2, 0.25) is 0 Å². The number of ketones is 1. The Balaban J connectivity index is 2.42. The Labute approximate surface area is 98.4 Å². The Morgan fingerprint density at radius 2 is 2.00 bits per heavy atom. The first-order valence-electron chi connectivity index (χ1n) is 5.05. The molecule has 1 fully saturated rings. The molecule has 1 aliphatic rings. The van der Waals surface area contributed by atoms with E-state index in [2.05, 4.69) is 4.74 Å². The molecule has 0 saturated heterocycles. The average Bonchev–Trinajstić information content (AvgIpc) is 3.11. The number of esters is 1. The molecule has 0 heterocycles. The van der Waals surface area contributed by atoms with Crippen LogP contribution in [-0.2, 0) is 4.74 Å². The Kier molecular flexibility index (Phi) is 2.97. The summed E-state index contributed by atoms with van der Waals surface area (Å²) >= 11 is 5.80. The zero-order valence-corrected chi connectivity index (χ0v) is 9.58. The van der Waals surface area contributed by atoms with Gasteiger partial charge >= 0.3 is 5.97 Å². The van der Waals surface area contributed by atoms with E-state index >= 15 is 0 Å². The van der Waals surface area contributed by atoms with Gasteiger partial charge in [0.05, 0.1) is 12.7 Å². The maximum absolute atomic E-state index is 11.9. The number of rotatable bonds is 3. The molecule has 16 heavy (non-hydrogen) atoms. The Bertz CT molecular complexity index is 450. The molecule has 0 spiro atoms. The SMILES string of the molecule is COC(=O)c1cc(Cl)ccc1C(=O)C1CC1. The fourth-order valence-electron chi connectivity index (χ4n) is 1.58. The molecule has 0 aromatic heterocycles. The van der Waals surface area contributed by atoms with E-state index in [4.69, 9.17) is 11.6 Å². The summed E-state index contributed by atoms with van der Waals surface area (Å²) in [7, 11) is 1.29. The second-order valence-electron chi connectivity index (χ2n) is 3.82. The third-order valence-corrected chi connectivity index (χ3v) is 2.84. The van der Waals surface area contributed by atoms with Crippen molar-refractivity contribution < 1.29 is 14.3 Å². The average molecular weight is 239 g/mol. The van der Waals surface area contributed by atoms with Crippen LogP contribution in [0.3, 0.4) is 0 Å². The lowest BCUT2D eigenvalue weighted by atomic mass is 10.0. The fourth-order valence-corrected chi connectivity index (χ4v) is 1.75. The van der Waals surface area contributed by atoms with Crippen molar-refractivity contribution in [2.45, 2.75) is 12.8 Å². The molecule has 4 heteroatoms. The Hall–Kier alpha value is -1.35. The number of ether oxygens (including phenoxy) is 1. The summed E-state index contributed by atoms with van der Waals surface area (Å²) in [5, 5.41) is 0.424. The molecule has 0 N–H and O–H groups in total. The number of hydrogen-bond donors (Lipinski definition) is 0. The summed E-state index contributed by atoms with van der Waals surface area (Å²) in [6.45, 7) is 0. The van der Waals surface area contributed by atoms with Gasteiger partial charge in [-0.15, -0.1) is 0 Å². The van der Waals surface area contributed by atoms with Gasteiger partial charge in [-0.05, 0) is 31.0 Å². The minimum absolute atomic E-state index is 0.0112. The van der Waals surface area contributed by atoms with Crippen LogP contribution in [-0.4, -0.2) is 18.9 Å². The Morgan fingerprint density at radius 3 is 2.56 bits per heavy atom. The fraction of sp³-hybridized carbons (Fsp3) is 0.333. The second kappa shape index (κ2) is 4.26. The van der Waals surface area contributed by atoms with Gasteiger partial charge < -0.3 is 4.74 Å². The van der Waals surface area contributed by atoms with Crippen LogP contribution in [0.2, 0.25) is 5.02 Å². The van der Waals surface area contributed by atoms with Gasteiger partial charge in [0.1, 0.15) is 0 Å². The number of halogens is 1. The number of carbonyl (C=O) groups excluding carboxylic acids is 2. The van der Waals surface area contributed by atoms with Crippen molar-refractivity contribution in [1.82, 2.24) is 0 Å². The molecule has 1 aromatic rings. The lowest BCUT2D eigenvalue weighted by Crippen LogP contribution is -2.11. The summed E-state index contributed by atoms with van der Waals surface area (Å²) < 4.78 is 4.63. The van der Waals surface area contributed by atoms with Crippen LogP contribution in [0.4, 0.5) is 0 Å². The second-order valence-corrected chi connectivity index (χ2v) is 4.26. The quantitative estimate of drug-likeness (QED) is 0.601. The number of carbonyl (C=O) groups is 2. The highest BCUT2D eigenvalue weighted by atomic mass is 35.5. The molecule has 1 aliphatic carbocycles. The summed E-state index contributed by atoms with van der Waals surface area (Å²) in [5.74, 6) is -0.437. The molecule has 84 valence electrons.